The minimum atomic E-state index is -2.36. The highest BCUT2D eigenvalue weighted by Gasteiger charge is 2.59. The fourth-order valence-corrected chi connectivity index (χ4v) is 3.05. The number of hydrogen-bond donors (Lipinski definition) is 0. The molecule has 1 fully saturated rings. The van der Waals surface area contributed by atoms with Gasteiger partial charge >= 0.3 is 17.9 Å². The number of rotatable bonds is 6. The molecule has 0 bridgehead atoms. The fourth-order valence-electron chi connectivity index (χ4n) is 3.05. The smallest absolute Gasteiger partial charge is 0.338 e. The molecule has 1 aliphatic rings. The van der Waals surface area contributed by atoms with E-state index >= 15 is 4.39 Å². The lowest BCUT2D eigenvalue weighted by Gasteiger charge is -2.26. The van der Waals surface area contributed by atoms with E-state index in [0.717, 1.165) is 13.8 Å². The van der Waals surface area contributed by atoms with Crippen LogP contribution in [0, 0.1) is 0 Å². The summed E-state index contributed by atoms with van der Waals surface area (Å²) in [6, 6.07) is 16.2. The van der Waals surface area contributed by atoms with Crippen LogP contribution in [0.5, 0.6) is 0 Å². The van der Waals surface area contributed by atoms with Crippen molar-refractivity contribution >= 4 is 17.9 Å². The first-order chi connectivity index (χ1) is 14.3. The summed E-state index contributed by atoms with van der Waals surface area (Å²) in [6.45, 7) is 1.80. The summed E-state index contributed by atoms with van der Waals surface area (Å²) >= 11 is 0. The number of ether oxygens (including phenoxy) is 4. The Kier molecular flexibility index (Phi) is 6.47. The van der Waals surface area contributed by atoms with Gasteiger partial charge in [-0.15, -0.1) is 0 Å². The number of hydrogen-bond acceptors (Lipinski definition) is 7. The second kappa shape index (κ2) is 9.04. The Labute approximate surface area is 172 Å². The van der Waals surface area contributed by atoms with E-state index in [-0.39, 0.29) is 5.56 Å². The molecule has 0 spiro atoms. The van der Waals surface area contributed by atoms with Gasteiger partial charge in [0, 0.05) is 6.92 Å². The zero-order chi connectivity index (χ0) is 21.7. The number of esters is 3. The normalized spacial score (nSPS) is 25.4. The Hall–Kier alpha value is -3.26. The first-order valence-corrected chi connectivity index (χ1v) is 9.29. The van der Waals surface area contributed by atoms with Crippen molar-refractivity contribution in [2.45, 2.75) is 38.0 Å². The quantitative estimate of drug-likeness (QED) is 0.528. The van der Waals surface area contributed by atoms with Crippen molar-refractivity contribution in [3.63, 3.8) is 0 Å². The van der Waals surface area contributed by atoms with Gasteiger partial charge in [-0.2, -0.15) is 0 Å². The van der Waals surface area contributed by atoms with E-state index in [0.29, 0.717) is 5.56 Å². The van der Waals surface area contributed by atoms with E-state index in [1.807, 2.05) is 0 Å². The lowest BCUT2D eigenvalue weighted by atomic mass is 9.99. The molecule has 0 aromatic heterocycles. The highest BCUT2D eigenvalue weighted by molar-refractivity contribution is 5.90. The third-order valence-electron chi connectivity index (χ3n) is 4.56. The number of carbonyl (C=O) groups is 3. The molecule has 1 aliphatic heterocycles. The topological polar surface area (TPSA) is 88.1 Å². The number of halogens is 1. The highest BCUT2D eigenvalue weighted by atomic mass is 19.1. The van der Waals surface area contributed by atoms with Crippen molar-refractivity contribution < 1.29 is 37.7 Å². The van der Waals surface area contributed by atoms with Gasteiger partial charge in [-0.25, -0.2) is 14.0 Å². The predicted molar refractivity (Wildman–Crippen MR) is 102 cm³/mol. The monoisotopic (exact) mass is 416 g/mol. The summed E-state index contributed by atoms with van der Waals surface area (Å²) in [5.74, 6) is -2.20. The molecule has 4 atom stereocenters. The molecule has 2 aromatic rings. The van der Waals surface area contributed by atoms with Crippen molar-refractivity contribution in [1.29, 1.82) is 0 Å². The Morgan fingerprint density at radius 3 is 2.00 bits per heavy atom. The van der Waals surface area contributed by atoms with Gasteiger partial charge in [-0.1, -0.05) is 36.4 Å². The van der Waals surface area contributed by atoms with Gasteiger partial charge < -0.3 is 18.9 Å². The molecular formula is C22H21FO7. The van der Waals surface area contributed by atoms with Crippen LogP contribution < -0.4 is 0 Å². The predicted octanol–water partition coefficient (Wildman–Crippen LogP) is 3.09. The fraction of sp³-hybridized carbons (Fsp3) is 0.318. The minimum Gasteiger partial charge on any atom is -0.459 e. The standard InChI is InChI=1S/C22H21FO7/c1-14(24)28-21-22(2,23)18(30-20(26)16-11-7-4-8-12-16)17(29-21)13-27-19(25)15-9-5-3-6-10-15/h3-12,17-18,21H,13H2,1-2H3/t17-,18-,21-,22-/m1/s1. The average molecular weight is 416 g/mol. The molecular weight excluding hydrogens is 395 g/mol. The van der Waals surface area contributed by atoms with Crippen LogP contribution in [0.25, 0.3) is 0 Å². The Morgan fingerprint density at radius 1 is 0.933 bits per heavy atom. The van der Waals surface area contributed by atoms with E-state index in [4.69, 9.17) is 18.9 Å². The van der Waals surface area contributed by atoms with Crippen LogP contribution in [0.3, 0.4) is 0 Å². The van der Waals surface area contributed by atoms with Crippen LogP contribution in [0.2, 0.25) is 0 Å². The molecule has 8 heteroatoms. The van der Waals surface area contributed by atoms with Crippen LogP contribution in [0.15, 0.2) is 60.7 Å². The van der Waals surface area contributed by atoms with E-state index in [1.165, 1.54) is 12.1 Å². The summed E-state index contributed by atoms with van der Waals surface area (Å²) in [5.41, 5.74) is -1.85. The Morgan fingerprint density at radius 2 is 1.47 bits per heavy atom. The largest absolute Gasteiger partial charge is 0.459 e. The number of alkyl halides is 1. The second-order valence-corrected chi connectivity index (χ2v) is 6.92. The molecule has 0 saturated carbocycles. The van der Waals surface area contributed by atoms with Crippen molar-refractivity contribution in [3.8, 4) is 0 Å². The van der Waals surface area contributed by atoms with E-state index in [1.54, 1.807) is 48.5 Å². The van der Waals surface area contributed by atoms with Gasteiger partial charge in [-0.3, -0.25) is 4.79 Å². The lowest BCUT2D eigenvalue weighted by Crippen LogP contribution is -2.46. The summed E-state index contributed by atoms with van der Waals surface area (Å²) < 4.78 is 36.4. The van der Waals surface area contributed by atoms with Crippen LogP contribution >= 0.6 is 0 Å². The van der Waals surface area contributed by atoms with Gasteiger partial charge in [0.2, 0.25) is 12.0 Å². The molecule has 30 heavy (non-hydrogen) atoms. The maximum absolute atomic E-state index is 15.5. The molecule has 158 valence electrons. The summed E-state index contributed by atoms with van der Waals surface area (Å²) in [6.07, 6.45) is -4.27. The zero-order valence-corrected chi connectivity index (χ0v) is 16.4. The van der Waals surface area contributed by atoms with Crippen LogP contribution in [0.4, 0.5) is 4.39 Å². The number of benzene rings is 2. The SMILES string of the molecule is CC(=O)O[C@@H]1O[C@H](COC(=O)c2ccccc2)[C@@H](OC(=O)c2ccccc2)[C@@]1(C)F. The number of carbonyl (C=O) groups excluding carboxylic acids is 3. The molecule has 1 heterocycles. The van der Waals surface area contributed by atoms with Crippen LogP contribution in [-0.4, -0.2) is 48.7 Å². The average Bonchev–Trinajstić information content (AvgIpc) is 2.96. The van der Waals surface area contributed by atoms with Gasteiger partial charge in [0.25, 0.3) is 0 Å². The summed E-state index contributed by atoms with van der Waals surface area (Å²) in [5, 5.41) is 0. The maximum atomic E-state index is 15.5. The second-order valence-electron chi connectivity index (χ2n) is 6.92. The summed E-state index contributed by atoms with van der Waals surface area (Å²) in [7, 11) is 0. The molecule has 0 aliphatic carbocycles. The first kappa shape index (κ1) is 21.4. The molecule has 2 aromatic carbocycles. The van der Waals surface area contributed by atoms with E-state index in [9.17, 15) is 14.4 Å². The molecule has 7 nitrogen and oxygen atoms in total. The highest BCUT2D eigenvalue weighted by Crippen LogP contribution is 2.38. The molecule has 3 rings (SSSR count). The Balaban J connectivity index is 1.76. The molecule has 0 unspecified atom stereocenters. The molecule has 0 radical (unpaired) electrons. The maximum Gasteiger partial charge on any atom is 0.338 e. The van der Waals surface area contributed by atoms with E-state index < -0.39 is 48.7 Å². The molecule has 0 amide bonds. The Bertz CT molecular complexity index is 898. The van der Waals surface area contributed by atoms with Gasteiger partial charge in [-0.05, 0) is 31.2 Å². The van der Waals surface area contributed by atoms with Gasteiger partial charge in [0.15, 0.2) is 6.10 Å². The third kappa shape index (κ3) is 4.83. The van der Waals surface area contributed by atoms with Gasteiger partial charge in [0.05, 0.1) is 11.1 Å². The van der Waals surface area contributed by atoms with Crippen LogP contribution in [-0.2, 0) is 23.7 Å². The van der Waals surface area contributed by atoms with Crippen molar-refractivity contribution in [1.82, 2.24) is 0 Å². The van der Waals surface area contributed by atoms with Crippen LogP contribution in [0.1, 0.15) is 34.6 Å². The minimum absolute atomic E-state index is 0.212. The zero-order valence-electron chi connectivity index (χ0n) is 16.4. The van der Waals surface area contributed by atoms with Crippen molar-refractivity contribution in [3.05, 3.63) is 71.8 Å². The summed E-state index contributed by atoms with van der Waals surface area (Å²) in [4.78, 5) is 36.0. The molecule has 0 N–H and O–H groups in total. The van der Waals surface area contributed by atoms with Crippen molar-refractivity contribution in [2.24, 2.45) is 0 Å². The third-order valence-corrected chi connectivity index (χ3v) is 4.56. The van der Waals surface area contributed by atoms with Crippen molar-refractivity contribution in [2.75, 3.05) is 6.61 Å². The van der Waals surface area contributed by atoms with E-state index in [2.05, 4.69) is 0 Å². The first-order valence-electron chi connectivity index (χ1n) is 9.29. The lowest BCUT2D eigenvalue weighted by molar-refractivity contribution is -0.193. The molecule has 1 saturated heterocycles. The van der Waals surface area contributed by atoms with Gasteiger partial charge in [0.1, 0.15) is 12.7 Å².